The van der Waals surface area contributed by atoms with Gasteiger partial charge >= 0.3 is 6.09 Å². The largest absolute Gasteiger partial charge is 0.524 e. The predicted molar refractivity (Wildman–Crippen MR) is 94.6 cm³/mol. The third-order valence-corrected chi connectivity index (χ3v) is 5.27. The van der Waals surface area contributed by atoms with E-state index in [1.54, 1.807) is 12.1 Å². The lowest BCUT2D eigenvalue weighted by Gasteiger charge is -2.27. The van der Waals surface area contributed by atoms with Crippen LogP contribution in [0.15, 0.2) is 24.4 Å². The van der Waals surface area contributed by atoms with Crippen molar-refractivity contribution in [1.29, 1.82) is 0 Å². The van der Waals surface area contributed by atoms with Crippen molar-refractivity contribution in [1.82, 2.24) is 13.2 Å². The van der Waals surface area contributed by atoms with E-state index in [9.17, 15) is 9.18 Å². The third kappa shape index (κ3) is 3.00. The molecule has 0 saturated carbocycles. The normalized spacial score (nSPS) is 25.5. The molecule has 2 aliphatic heterocycles. The van der Waals surface area contributed by atoms with E-state index in [2.05, 4.69) is 8.75 Å². The Kier molecular flexibility index (Phi) is 4.47. The second kappa shape index (κ2) is 6.78. The minimum Gasteiger partial charge on any atom is -0.424 e. The summed E-state index contributed by atoms with van der Waals surface area (Å²) in [6.45, 7) is 1.93. The summed E-state index contributed by atoms with van der Waals surface area (Å²) in [6.07, 6.45) is 1.84. The molecule has 2 N–H and O–H groups in total. The Morgan fingerprint density at radius 2 is 2.38 bits per heavy atom. The molecule has 0 radical (unpaired) electrons. The molecule has 1 aromatic carbocycles. The highest BCUT2D eigenvalue weighted by molar-refractivity contribution is 6.99. The zero-order valence-corrected chi connectivity index (χ0v) is 14.8. The number of nitrogens with two attached hydrogens (primary N) is 1. The van der Waals surface area contributed by atoms with Crippen LogP contribution in [0.4, 0.5) is 20.6 Å². The van der Waals surface area contributed by atoms with Crippen molar-refractivity contribution in [2.45, 2.75) is 12.5 Å². The van der Waals surface area contributed by atoms with E-state index in [0.717, 1.165) is 24.7 Å². The lowest BCUT2D eigenvalue weighted by atomic mass is 10.2. The average molecular weight is 380 g/mol. The molecule has 1 amide bonds. The van der Waals surface area contributed by atoms with Crippen LogP contribution in [0.25, 0.3) is 0 Å². The summed E-state index contributed by atoms with van der Waals surface area (Å²) in [7, 11) is 0. The number of amides is 1. The van der Waals surface area contributed by atoms with Gasteiger partial charge in [0, 0.05) is 31.3 Å². The summed E-state index contributed by atoms with van der Waals surface area (Å²) >= 11 is 1.01. The number of carbonyl (C=O) groups excluding carboxylic acids is 1. The number of nitrogens with zero attached hydrogens (tertiary/aromatic N) is 4. The van der Waals surface area contributed by atoms with E-state index in [4.69, 9.17) is 15.2 Å². The SMILES string of the molecule is N[C@H]1CCN(c2ccc([N+]3(COc4cnsn4)CCOC3=O)cc2F)C1. The van der Waals surface area contributed by atoms with Gasteiger partial charge in [-0.15, -0.1) is 4.37 Å². The first-order valence-corrected chi connectivity index (χ1v) is 9.07. The molecule has 26 heavy (non-hydrogen) atoms. The Balaban J connectivity index is 1.61. The van der Waals surface area contributed by atoms with Gasteiger partial charge in [-0.3, -0.25) is 0 Å². The zero-order chi connectivity index (χ0) is 18.1. The monoisotopic (exact) mass is 380 g/mol. The topological polar surface area (TPSA) is 90.6 Å². The maximum absolute atomic E-state index is 14.8. The lowest BCUT2D eigenvalue weighted by molar-refractivity contribution is 0.127. The van der Waals surface area contributed by atoms with Gasteiger partial charge in [-0.05, 0) is 12.5 Å². The van der Waals surface area contributed by atoms with Crippen LogP contribution < -0.4 is 19.9 Å². The fourth-order valence-electron chi connectivity index (χ4n) is 3.35. The first kappa shape index (κ1) is 17.1. The van der Waals surface area contributed by atoms with E-state index in [0.29, 0.717) is 30.3 Å². The number of quaternary nitrogens is 1. The van der Waals surface area contributed by atoms with Gasteiger partial charge in [0.2, 0.25) is 12.6 Å². The predicted octanol–water partition coefficient (Wildman–Crippen LogP) is 1.71. The van der Waals surface area contributed by atoms with Crippen LogP contribution in [0.5, 0.6) is 5.88 Å². The third-order valence-electron chi connectivity index (χ3n) is 4.81. The minimum atomic E-state index is -0.469. The quantitative estimate of drug-likeness (QED) is 0.790. The van der Waals surface area contributed by atoms with Gasteiger partial charge in [-0.25, -0.2) is 4.39 Å². The maximum atomic E-state index is 14.8. The molecule has 10 heteroatoms. The standard InChI is InChI=1S/C16H19FN5O3S/c17-13-7-12(1-2-14(13)21-4-3-11(18)9-21)22(5-6-24-16(22)23)10-25-15-8-19-26-20-15/h1-2,7-8,11H,3-6,9-10,18H2/q+1/t11-,22?/m0/s1. The molecule has 2 saturated heterocycles. The number of benzene rings is 1. The summed E-state index contributed by atoms with van der Waals surface area (Å²) in [5.41, 5.74) is 6.90. The fourth-order valence-corrected chi connectivity index (χ4v) is 3.72. The lowest BCUT2D eigenvalue weighted by Crippen LogP contribution is -2.52. The highest BCUT2D eigenvalue weighted by Crippen LogP contribution is 2.33. The highest BCUT2D eigenvalue weighted by atomic mass is 32.1. The van der Waals surface area contributed by atoms with E-state index >= 15 is 0 Å². The molecule has 138 valence electrons. The molecule has 4 rings (SSSR count). The number of anilines is 1. The number of carbonyl (C=O) groups is 1. The molecular formula is C16H19FN5O3S+. The van der Waals surface area contributed by atoms with Crippen LogP contribution in [0, 0.1) is 5.82 Å². The molecule has 0 spiro atoms. The smallest absolute Gasteiger partial charge is 0.424 e. The van der Waals surface area contributed by atoms with Crippen molar-refractivity contribution in [3.05, 3.63) is 30.2 Å². The van der Waals surface area contributed by atoms with Gasteiger partial charge in [0.15, 0.2) is 5.82 Å². The van der Waals surface area contributed by atoms with E-state index < -0.39 is 6.09 Å². The van der Waals surface area contributed by atoms with Crippen molar-refractivity contribution < 1.29 is 18.7 Å². The van der Waals surface area contributed by atoms with Crippen LogP contribution in [0.2, 0.25) is 0 Å². The first-order chi connectivity index (χ1) is 12.6. The molecule has 2 aromatic rings. The number of cyclic esters (lactones) is 1. The first-order valence-electron chi connectivity index (χ1n) is 8.34. The van der Waals surface area contributed by atoms with Crippen LogP contribution in [-0.4, -0.2) is 53.9 Å². The van der Waals surface area contributed by atoms with Gasteiger partial charge in [0.25, 0.3) is 0 Å². The molecule has 8 nitrogen and oxygen atoms in total. The van der Waals surface area contributed by atoms with Crippen molar-refractivity contribution in [2.24, 2.45) is 5.73 Å². The Hall–Kier alpha value is -2.30. The Morgan fingerprint density at radius 1 is 1.50 bits per heavy atom. The number of hydrogen-bond acceptors (Lipinski definition) is 8. The van der Waals surface area contributed by atoms with Crippen molar-refractivity contribution in [3.8, 4) is 5.88 Å². The van der Waals surface area contributed by atoms with E-state index in [1.807, 2.05) is 4.90 Å². The summed E-state index contributed by atoms with van der Waals surface area (Å²) in [4.78, 5) is 14.4. The number of ether oxygens (including phenoxy) is 2. The molecule has 1 aromatic heterocycles. The molecule has 0 aliphatic carbocycles. The van der Waals surface area contributed by atoms with Crippen molar-refractivity contribution >= 4 is 29.2 Å². The van der Waals surface area contributed by atoms with Gasteiger partial charge in [-0.1, -0.05) is 0 Å². The molecule has 3 heterocycles. The van der Waals surface area contributed by atoms with Gasteiger partial charge in [0.1, 0.15) is 25.0 Å². The van der Waals surface area contributed by atoms with Gasteiger partial charge < -0.3 is 20.1 Å². The molecular weight excluding hydrogens is 361 g/mol. The second-order valence-corrected chi connectivity index (χ2v) is 7.01. The minimum absolute atomic E-state index is 0.0301. The van der Waals surface area contributed by atoms with E-state index in [-0.39, 0.29) is 29.7 Å². The molecule has 2 fully saturated rings. The highest BCUT2D eigenvalue weighted by Gasteiger charge is 2.48. The van der Waals surface area contributed by atoms with Crippen molar-refractivity contribution in [2.75, 3.05) is 37.9 Å². The summed E-state index contributed by atoms with van der Waals surface area (Å²) in [5, 5.41) is 0. The number of halogens is 1. The molecule has 1 unspecified atom stereocenters. The van der Waals surface area contributed by atoms with Crippen LogP contribution in [-0.2, 0) is 4.74 Å². The molecule has 0 bridgehead atoms. The fraction of sp³-hybridized carbons (Fsp3) is 0.438. The van der Waals surface area contributed by atoms with Gasteiger partial charge in [-0.2, -0.15) is 13.7 Å². The molecule has 2 aliphatic rings. The maximum Gasteiger partial charge on any atom is 0.524 e. The van der Waals surface area contributed by atoms with Crippen LogP contribution >= 0.6 is 11.7 Å². The number of aromatic nitrogens is 2. The Morgan fingerprint density at radius 3 is 3.00 bits per heavy atom. The summed E-state index contributed by atoms with van der Waals surface area (Å²) in [6, 6.07) is 4.88. The Bertz CT molecular complexity index is 805. The van der Waals surface area contributed by atoms with Crippen molar-refractivity contribution in [3.63, 3.8) is 0 Å². The van der Waals surface area contributed by atoms with Crippen LogP contribution in [0.3, 0.4) is 0 Å². The molecule has 2 atom stereocenters. The summed E-state index contributed by atoms with van der Waals surface area (Å²) < 4.78 is 33.1. The van der Waals surface area contributed by atoms with Gasteiger partial charge in [0.05, 0.1) is 17.4 Å². The summed E-state index contributed by atoms with van der Waals surface area (Å²) in [5.74, 6) is -0.0560. The van der Waals surface area contributed by atoms with E-state index in [1.165, 1.54) is 12.3 Å². The number of rotatable bonds is 5. The average Bonchev–Trinajstić information content (AvgIpc) is 3.35. The number of hydrogen-bond donors (Lipinski definition) is 1. The zero-order valence-electron chi connectivity index (χ0n) is 14.0. The second-order valence-electron chi connectivity index (χ2n) is 6.46. The Labute approximate surface area is 153 Å². The van der Waals surface area contributed by atoms with Crippen LogP contribution in [0.1, 0.15) is 6.42 Å².